The molecule has 0 bridgehead atoms. The first-order valence-corrected chi connectivity index (χ1v) is 8.86. The molecule has 0 aromatic carbocycles. The molecule has 0 radical (unpaired) electrons. The van der Waals surface area contributed by atoms with Crippen molar-refractivity contribution < 1.29 is 14.7 Å². The van der Waals surface area contributed by atoms with E-state index in [-0.39, 0.29) is 23.0 Å². The minimum atomic E-state index is -1.09. The van der Waals surface area contributed by atoms with Crippen LogP contribution in [0.3, 0.4) is 0 Å². The highest BCUT2D eigenvalue weighted by molar-refractivity contribution is 5.96. The van der Waals surface area contributed by atoms with Crippen LogP contribution in [0.4, 0.5) is 0 Å². The van der Waals surface area contributed by atoms with Gasteiger partial charge in [-0.1, -0.05) is 34.1 Å². The van der Waals surface area contributed by atoms with Crippen LogP contribution >= 0.6 is 0 Å². The van der Waals surface area contributed by atoms with Crippen LogP contribution < -0.4 is 10.9 Å². The normalized spacial score (nSPS) is 13.6. The molecule has 0 aliphatic heterocycles. The molecule has 0 aliphatic carbocycles. The van der Waals surface area contributed by atoms with Crippen LogP contribution in [0.25, 0.3) is 0 Å². The van der Waals surface area contributed by atoms with Crippen molar-refractivity contribution in [1.82, 2.24) is 9.88 Å². The Labute approximate surface area is 149 Å². The number of unbranched alkanes of at least 4 members (excludes halogenated alkanes) is 1. The third kappa shape index (κ3) is 4.94. The van der Waals surface area contributed by atoms with Crippen molar-refractivity contribution in [3.63, 3.8) is 0 Å². The molecule has 6 heteroatoms. The Kier molecular flexibility index (Phi) is 7.39. The number of carboxylic acids is 1. The molecule has 0 spiro atoms. The first kappa shape index (κ1) is 20.9. The lowest BCUT2D eigenvalue weighted by Crippen LogP contribution is -2.48. The Morgan fingerprint density at radius 1 is 1.24 bits per heavy atom. The molecule has 1 heterocycles. The summed E-state index contributed by atoms with van der Waals surface area (Å²) in [6.45, 7) is 11.9. The molecule has 0 aliphatic rings. The molecule has 25 heavy (non-hydrogen) atoms. The third-order valence-corrected chi connectivity index (χ3v) is 4.92. The minimum Gasteiger partial charge on any atom is -0.480 e. The number of amides is 1. The predicted molar refractivity (Wildman–Crippen MR) is 98.0 cm³/mol. The molecule has 1 aromatic rings. The fraction of sp³-hybridized carbons (Fsp3) is 0.632. The number of carbonyl (C=O) groups excluding carboxylic acids is 1. The van der Waals surface area contributed by atoms with E-state index in [2.05, 4.69) is 5.32 Å². The Morgan fingerprint density at radius 2 is 1.84 bits per heavy atom. The topological polar surface area (TPSA) is 88.4 Å². The lowest BCUT2D eigenvalue weighted by Gasteiger charge is -2.24. The summed E-state index contributed by atoms with van der Waals surface area (Å²) in [4.78, 5) is 36.8. The monoisotopic (exact) mass is 350 g/mol. The van der Waals surface area contributed by atoms with E-state index in [0.29, 0.717) is 6.54 Å². The Balaban J connectivity index is 3.22. The van der Waals surface area contributed by atoms with Crippen molar-refractivity contribution in [3.8, 4) is 0 Å². The first-order valence-electron chi connectivity index (χ1n) is 8.86. The van der Waals surface area contributed by atoms with E-state index < -0.39 is 17.9 Å². The quantitative estimate of drug-likeness (QED) is 0.754. The molecule has 0 fully saturated rings. The summed E-state index contributed by atoms with van der Waals surface area (Å²) in [6, 6.07) is 0.520. The molecule has 6 nitrogen and oxygen atoms in total. The summed E-state index contributed by atoms with van der Waals surface area (Å²) in [5.41, 5.74) is 1.31. The van der Waals surface area contributed by atoms with Gasteiger partial charge >= 0.3 is 5.97 Å². The molecule has 140 valence electrons. The second-order valence-corrected chi connectivity index (χ2v) is 7.03. The van der Waals surface area contributed by atoms with Gasteiger partial charge in [-0.25, -0.2) is 4.79 Å². The average molecular weight is 350 g/mol. The second kappa shape index (κ2) is 8.83. The van der Waals surface area contributed by atoms with E-state index in [1.165, 1.54) is 0 Å². The summed E-state index contributed by atoms with van der Waals surface area (Å²) in [7, 11) is 0. The van der Waals surface area contributed by atoms with Crippen LogP contribution in [0.1, 0.15) is 62.2 Å². The van der Waals surface area contributed by atoms with Crippen molar-refractivity contribution in [2.24, 2.45) is 11.8 Å². The van der Waals surface area contributed by atoms with Crippen molar-refractivity contribution in [1.29, 1.82) is 0 Å². The van der Waals surface area contributed by atoms with Gasteiger partial charge in [0.25, 0.3) is 11.5 Å². The van der Waals surface area contributed by atoms with Gasteiger partial charge in [-0.3, -0.25) is 9.59 Å². The van der Waals surface area contributed by atoms with Gasteiger partial charge in [0.05, 0.1) is 0 Å². The van der Waals surface area contributed by atoms with Gasteiger partial charge in [-0.15, -0.1) is 0 Å². The molecular formula is C19H30N2O4. The summed E-state index contributed by atoms with van der Waals surface area (Å²) < 4.78 is 1.61. The van der Waals surface area contributed by atoms with E-state index >= 15 is 0 Å². The number of aliphatic carboxylic acids is 1. The lowest BCUT2D eigenvalue weighted by molar-refractivity contribution is -0.141. The molecule has 0 saturated heterocycles. The van der Waals surface area contributed by atoms with Gasteiger partial charge in [0.15, 0.2) is 0 Å². The number of aryl methyl sites for hydroxylation is 1. The number of carbonyl (C=O) groups is 2. The largest absolute Gasteiger partial charge is 0.480 e. The van der Waals surface area contributed by atoms with Gasteiger partial charge in [-0.05, 0) is 43.7 Å². The predicted octanol–water partition coefficient (Wildman–Crippen LogP) is 2.74. The number of nitrogens with zero attached hydrogens (tertiary/aromatic N) is 1. The zero-order chi connectivity index (χ0) is 19.3. The number of hydrogen-bond acceptors (Lipinski definition) is 3. The van der Waals surface area contributed by atoms with Crippen molar-refractivity contribution >= 4 is 11.9 Å². The van der Waals surface area contributed by atoms with Gasteiger partial charge in [-0.2, -0.15) is 0 Å². The van der Waals surface area contributed by atoms with E-state index in [1.807, 2.05) is 34.6 Å². The van der Waals surface area contributed by atoms with Crippen LogP contribution in [-0.2, 0) is 11.3 Å². The Bertz CT molecular complexity index is 691. The molecule has 0 saturated carbocycles. The van der Waals surface area contributed by atoms with Crippen LogP contribution in [0.2, 0.25) is 0 Å². The Morgan fingerprint density at radius 3 is 2.32 bits per heavy atom. The van der Waals surface area contributed by atoms with Gasteiger partial charge in [0.1, 0.15) is 11.6 Å². The summed E-state index contributed by atoms with van der Waals surface area (Å²) in [5, 5.41) is 12.0. The first-order chi connectivity index (χ1) is 11.6. The van der Waals surface area contributed by atoms with Gasteiger partial charge < -0.3 is 15.0 Å². The zero-order valence-electron chi connectivity index (χ0n) is 16.0. The number of pyridine rings is 1. The summed E-state index contributed by atoms with van der Waals surface area (Å²) in [6.07, 6.45) is 1.78. The van der Waals surface area contributed by atoms with E-state index in [0.717, 1.165) is 24.1 Å². The molecule has 1 rings (SSSR count). The Hall–Kier alpha value is -2.11. The number of hydrogen-bond donors (Lipinski definition) is 2. The van der Waals surface area contributed by atoms with E-state index in [1.54, 1.807) is 17.6 Å². The van der Waals surface area contributed by atoms with Crippen LogP contribution in [0.5, 0.6) is 0 Å². The molecule has 0 unspecified atom stereocenters. The maximum atomic E-state index is 12.7. The highest BCUT2D eigenvalue weighted by atomic mass is 16.4. The fourth-order valence-electron chi connectivity index (χ4n) is 2.66. The van der Waals surface area contributed by atoms with E-state index in [4.69, 9.17) is 0 Å². The standard InChI is InChI=1S/C19H30N2O4/c1-7-8-9-21-14(6)12(4)10-15(18(21)23)17(22)20-16(19(24)25)13(5)11(2)3/h10-11,13,16H,7-9H2,1-6H3,(H,20,22)(H,24,25)/t13-,16-/m1/s1. The minimum absolute atomic E-state index is 0.00130. The number of carboxylic acid groups (broad SMARTS) is 1. The van der Waals surface area contributed by atoms with Crippen molar-refractivity contribution in [3.05, 3.63) is 33.2 Å². The molecule has 2 atom stereocenters. The molecule has 1 aromatic heterocycles. The van der Waals surface area contributed by atoms with Crippen LogP contribution in [-0.4, -0.2) is 27.6 Å². The average Bonchev–Trinajstić information content (AvgIpc) is 2.54. The maximum absolute atomic E-state index is 12.7. The number of rotatable bonds is 8. The summed E-state index contributed by atoms with van der Waals surface area (Å²) >= 11 is 0. The fourth-order valence-corrected chi connectivity index (χ4v) is 2.66. The highest BCUT2D eigenvalue weighted by Crippen LogP contribution is 2.16. The van der Waals surface area contributed by atoms with Gasteiger partial charge in [0.2, 0.25) is 0 Å². The SMILES string of the molecule is CCCCn1c(C)c(C)cc(C(=O)N[C@@H](C(=O)O)[C@H](C)C(C)C)c1=O. The van der Waals surface area contributed by atoms with Crippen molar-refractivity contribution in [2.45, 2.75) is 67.0 Å². The van der Waals surface area contributed by atoms with Crippen LogP contribution in [0, 0.1) is 25.7 Å². The zero-order valence-corrected chi connectivity index (χ0v) is 16.0. The number of aromatic nitrogens is 1. The van der Waals surface area contributed by atoms with Gasteiger partial charge in [0, 0.05) is 12.2 Å². The molecule has 2 N–H and O–H groups in total. The van der Waals surface area contributed by atoms with Crippen LogP contribution in [0.15, 0.2) is 10.9 Å². The molecular weight excluding hydrogens is 320 g/mol. The van der Waals surface area contributed by atoms with E-state index in [9.17, 15) is 19.5 Å². The molecule has 1 amide bonds. The van der Waals surface area contributed by atoms with Crippen molar-refractivity contribution in [2.75, 3.05) is 0 Å². The summed E-state index contributed by atoms with van der Waals surface area (Å²) in [5.74, 6) is -1.89. The third-order valence-electron chi connectivity index (χ3n) is 4.92. The lowest BCUT2D eigenvalue weighted by atomic mass is 9.90. The second-order valence-electron chi connectivity index (χ2n) is 7.03. The maximum Gasteiger partial charge on any atom is 0.326 e. The highest BCUT2D eigenvalue weighted by Gasteiger charge is 2.29. The smallest absolute Gasteiger partial charge is 0.326 e. The number of nitrogens with one attached hydrogen (secondary N) is 1.